The van der Waals surface area contributed by atoms with E-state index >= 15 is 0 Å². The Bertz CT molecular complexity index is 1390. The van der Waals surface area contributed by atoms with Gasteiger partial charge in [-0.3, -0.25) is 4.79 Å². The molecule has 0 saturated carbocycles. The normalized spacial score (nSPS) is 13.1. The van der Waals surface area contributed by atoms with Gasteiger partial charge in [0.2, 0.25) is 0 Å². The maximum Gasteiger partial charge on any atom is 0.321 e. The van der Waals surface area contributed by atoms with Crippen LogP contribution in [0.25, 0.3) is 5.65 Å². The molecule has 3 amide bonds. The molecule has 36 heavy (non-hydrogen) atoms. The summed E-state index contributed by atoms with van der Waals surface area (Å²) in [5.41, 5.74) is 4.82. The number of likely N-dealkylation sites (tertiary alicyclic amines) is 1. The number of imidazole rings is 1. The number of rotatable bonds is 7. The van der Waals surface area contributed by atoms with Gasteiger partial charge in [0.25, 0.3) is 5.91 Å². The number of nitrogens with one attached hydrogen (secondary N) is 2. The number of carbonyl (C=O) groups excluding carboxylic acids is 2. The Kier molecular flexibility index (Phi) is 6.84. The predicted octanol–water partition coefficient (Wildman–Crippen LogP) is 4.78. The van der Waals surface area contributed by atoms with Crippen LogP contribution in [0, 0.1) is 6.92 Å². The van der Waals surface area contributed by atoms with E-state index in [0.29, 0.717) is 23.5 Å². The van der Waals surface area contributed by atoms with E-state index in [-0.39, 0.29) is 18.5 Å². The Morgan fingerprint density at radius 1 is 1.03 bits per heavy atom. The summed E-state index contributed by atoms with van der Waals surface area (Å²) >= 11 is 0. The minimum Gasteiger partial charge on any atom is -0.486 e. The van der Waals surface area contributed by atoms with Crippen LogP contribution in [0.2, 0.25) is 0 Å². The second kappa shape index (κ2) is 10.5. The molecule has 0 unspecified atom stereocenters. The number of urea groups is 1. The number of amides is 3. The lowest BCUT2D eigenvalue weighted by Crippen LogP contribution is -2.32. The largest absolute Gasteiger partial charge is 0.486 e. The maximum atomic E-state index is 13.0. The summed E-state index contributed by atoms with van der Waals surface area (Å²) in [6.45, 7) is 4.18. The summed E-state index contributed by atoms with van der Waals surface area (Å²) in [6.07, 6.45) is 5.97. The molecule has 0 bridgehead atoms. The first-order chi connectivity index (χ1) is 17.6. The highest BCUT2D eigenvalue weighted by Gasteiger charge is 2.18. The first-order valence-electron chi connectivity index (χ1n) is 12.1. The minimum absolute atomic E-state index is 0.0828. The van der Waals surface area contributed by atoms with Crippen molar-refractivity contribution < 1.29 is 14.3 Å². The van der Waals surface area contributed by atoms with Crippen LogP contribution in [0.3, 0.4) is 0 Å². The molecule has 2 aromatic carbocycles. The monoisotopic (exact) mass is 483 g/mol. The highest BCUT2D eigenvalue weighted by Crippen LogP contribution is 2.20. The van der Waals surface area contributed by atoms with Crippen LogP contribution in [-0.4, -0.2) is 39.3 Å². The van der Waals surface area contributed by atoms with E-state index in [4.69, 9.17) is 4.74 Å². The first-order valence-corrected chi connectivity index (χ1v) is 12.1. The summed E-state index contributed by atoms with van der Waals surface area (Å²) in [4.78, 5) is 31.8. The predicted molar refractivity (Wildman–Crippen MR) is 138 cm³/mol. The zero-order valence-electron chi connectivity index (χ0n) is 20.2. The van der Waals surface area contributed by atoms with Crippen molar-refractivity contribution in [2.24, 2.45) is 0 Å². The summed E-state index contributed by atoms with van der Waals surface area (Å²) in [6, 6.07) is 18.6. The Morgan fingerprint density at radius 2 is 1.86 bits per heavy atom. The van der Waals surface area contributed by atoms with Gasteiger partial charge in [0.05, 0.1) is 11.3 Å². The van der Waals surface area contributed by atoms with Crippen molar-refractivity contribution in [3.05, 3.63) is 95.4 Å². The minimum atomic E-state index is -0.233. The molecule has 0 aliphatic carbocycles. The zero-order chi connectivity index (χ0) is 24.9. The standard InChI is InChI=1S/C28H29N5O3/c1-20-8-7-15-33-18-23(30-26(20)33)19-36-25-12-3-2-11-24(25)27(34)29-17-21-9-6-10-22(16-21)31-28(35)32-13-4-5-14-32/h2-3,6-12,15-16,18H,4-5,13-14,17,19H2,1H3,(H,29,34)(H,31,35). The molecule has 0 spiro atoms. The second-order valence-corrected chi connectivity index (χ2v) is 8.95. The molecule has 8 heteroatoms. The fraction of sp³-hybridized carbons (Fsp3) is 0.250. The smallest absolute Gasteiger partial charge is 0.321 e. The highest BCUT2D eigenvalue weighted by molar-refractivity contribution is 5.97. The van der Waals surface area contributed by atoms with E-state index in [1.54, 1.807) is 12.1 Å². The third-order valence-corrected chi connectivity index (χ3v) is 6.26. The van der Waals surface area contributed by atoms with Crippen LogP contribution >= 0.6 is 0 Å². The van der Waals surface area contributed by atoms with Crippen LogP contribution in [0.4, 0.5) is 10.5 Å². The molecule has 1 saturated heterocycles. The van der Waals surface area contributed by atoms with Gasteiger partial charge in [0.1, 0.15) is 18.0 Å². The summed E-state index contributed by atoms with van der Waals surface area (Å²) < 4.78 is 7.96. The van der Waals surface area contributed by atoms with Crippen molar-refractivity contribution in [2.45, 2.75) is 32.9 Å². The van der Waals surface area contributed by atoms with Crippen molar-refractivity contribution in [3.63, 3.8) is 0 Å². The Labute approximate surface area is 209 Å². The van der Waals surface area contributed by atoms with Gasteiger partial charge in [-0.1, -0.05) is 30.3 Å². The van der Waals surface area contributed by atoms with Gasteiger partial charge in [-0.2, -0.15) is 0 Å². The van der Waals surface area contributed by atoms with E-state index < -0.39 is 0 Å². The number of para-hydroxylation sites is 1. The summed E-state index contributed by atoms with van der Waals surface area (Å²) in [5.74, 6) is 0.262. The number of fused-ring (bicyclic) bond motifs is 1. The van der Waals surface area contributed by atoms with E-state index in [1.807, 2.05) is 77.1 Å². The van der Waals surface area contributed by atoms with Gasteiger partial charge in [-0.05, 0) is 61.2 Å². The van der Waals surface area contributed by atoms with E-state index in [1.165, 1.54) is 0 Å². The Hall–Kier alpha value is -4.33. The maximum absolute atomic E-state index is 13.0. The SMILES string of the molecule is Cc1cccn2cc(COc3ccccc3C(=O)NCc3cccc(NC(=O)N4CCCC4)c3)nc12. The number of nitrogens with zero attached hydrogens (tertiary/aromatic N) is 3. The van der Waals surface area contributed by atoms with Crippen molar-refractivity contribution in [1.82, 2.24) is 19.6 Å². The molecule has 1 fully saturated rings. The molecule has 8 nitrogen and oxygen atoms in total. The van der Waals surface area contributed by atoms with Gasteiger partial charge < -0.3 is 24.7 Å². The van der Waals surface area contributed by atoms with Crippen LogP contribution in [0.15, 0.2) is 73.1 Å². The molecular formula is C28H29N5O3. The van der Waals surface area contributed by atoms with E-state index in [0.717, 1.165) is 48.4 Å². The molecule has 4 aromatic rings. The van der Waals surface area contributed by atoms with Crippen LogP contribution in [0.1, 0.15) is 40.0 Å². The third-order valence-electron chi connectivity index (χ3n) is 6.26. The van der Waals surface area contributed by atoms with Gasteiger partial charge >= 0.3 is 6.03 Å². The van der Waals surface area contributed by atoms with Crippen LogP contribution < -0.4 is 15.4 Å². The van der Waals surface area contributed by atoms with E-state index in [9.17, 15) is 9.59 Å². The molecule has 2 aromatic heterocycles. The average Bonchev–Trinajstić information content (AvgIpc) is 3.58. The topological polar surface area (TPSA) is 88.0 Å². The molecule has 3 heterocycles. The molecule has 2 N–H and O–H groups in total. The van der Waals surface area contributed by atoms with Crippen molar-refractivity contribution in [1.29, 1.82) is 0 Å². The van der Waals surface area contributed by atoms with Crippen LogP contribution in [-0.2, 0) is 13.2 Å². The number of benzene rings is 2. The second-order valence-electron chi connectivity index (χ2n) is 8.95. The molecule has 5 rings (SSSR count). The fourth-order valence-electron chi connectivity index (χ4n) is 4.37. The average molecular weight is 484 g/mol. The number of hydrogen-bond donors (Lipinski definition) is 2. The number of carbonyl (C=O) groups is 2. The molecule has 0 radical (unpaired) electrons. The Morgan fingerprint density at radius 3 is 2.69 bits per heavy atom. The van der Waals surface area contributed by atoms with Gasteiger partial charge in [-0.25, -0.2) is 9.78 Å². The molecular weight excluding hydrogens is 454 g/mol. The number of hydrogen-bond acceptors (Lipinski definition) is 4. The van der Waals surface area contributed by atoms with Crippen molar-refractivity contribution in [2.75, 3.05) is 18.4 Å². The Balaban J connectivity index is 1.20. The van der Waals surface area contributed by atoms with Crippen LogP contribution in [0.5, 0.6) is 5.75 Å². The number of aryl methyl sites for hydroxylation is 1. The number of ether oxygens (including phenoxy) is 1. The van der Waals surface area contributed by atoms with E-state index in [2.05, 4.69) is 15.6 Å². The zero-order valence-corrected chi connectivity index (χ0v) is 20.2. The summed E-state index contributed by atoms with van der Waals surface area (Å²) in [5, 5.41) is 5.90. The first kappa shape index (κ1) is 23.4. The molecule has 0 atom stereocenters. The lowest BCUT2D eigenvalue weighted by molar-refractivity contribution is 0.0946. The lowest BCUT2D eigenvalue weighted by atomic mass is 10.1. The van der Waals surface area contributed by atoms with Crippen molar-refractivity contribution in [3.8, 4) is 5.75 Å². The fourth-order valence-corrected chi connectivity index (χ4v) is 4.37. The molecule has 1 aliphatic heterocycles. The number of anilines is 1. The van der Waals surface area contributed by atoms with Gasteiger partial charge in [-0.15, -0.1) is 0 Å². The highest BCUT2D eigenvalue weighted by atomic mass is 16.5. The molecule has 184 valence electrons. The van der Waals surface area contributed by atoms with Gasteiger partial charge in [0, 0.05) is 37.7 Å². The third kappa shape index (κ3) is 5.33. The molecule has 1 aliphatic rings. The lowest BCUT2D eigenvalue weighted by Gasteiger charge is -2.16. The number of pyridine rings is 1. The number of aromatic nitrogens is 2. The van der Waals surface area contributed by atoms with Gasteiger partial charge in [0.15, 0.2) is 0 Å². The quantitative estimate of drug-likeness (QED) is 0.396. The summed E-state index contributed by atoms with van der Waals surface area (Å²) in [7, 11) is 0. The van der Waals surface area contributed by atoms with Crippen molar-refractivity contribution >= 4 is 23.3 Å².